The lowest BCUT2D eigenvalue weighted by Crippen LogP contribution is -2.14. The molecule has 0 fully saturated rings. The number of benzene rings is 2. The van der Waals surface area contributed by atoms with Crippen LogP contribution in [-0.4, -0.2) is 24.4 Å². The van der Waals surface area contributed by atoms with Gasteiger partial charge in [0.25, 0.3) is 5.69 Å². The third-order valence-corrected chi connectivity index (χ3v) is 2.97. The summed E-state index contributed by atoms with van der Waals surface area (Å²) in [5, 5.41) is 10.7. The third-order valence-electron chi connectivity index (χ3n) is 2.97. The molecule has 2 aromatic rings. The topological polar surface area (TPSA) is 74.0 Å². The van der Waals surface area contributed by atoms with Gasteiger partial charge in [-0.25, -0.2) is 0 Å². The monoisotopic (exact) mass is 284 g/mol. The molecule has 21 heavy (non-hydrogen) atoms. The van der Waals surface area contributed by atoms with E-state index in [1.54, 1.807) is 36.5 Å². The zero-order chi connectivity index (χ0) is 14.7. The summed E-state index contributed by atoms with van der Waals surface area (Å²) >= 11 is 0. The number of fused-ring (bicyclic) bond motifs is 1. The van der Waals surface area contributed by atoms with E-state index in [2.05, 4.69) is 4.99 Å². The van der Waals surface area contributed by atoms with Crippen molar-refractivity contribution in [3.8, 4) is 11.5 Å². The first kappa shape index (κ1) is 13.1. The fraction of sp³-hybridized carbons (Fsp3) is 0.133. The van der Waals surface area contributed by atoms with Gasteiger partial charge >= 0.3 is 0 Å². The maximum Gasteiger partial charge on any atom is 0.270 e. The summed E-state index contributed by atoms with van der Waals surface area (Å²) in [6, 6.07) is 11.7. The van der Waals surface area contributed by atoms with Gasteiger partial charge < -0.3 is 9.47 Å². The number of ether oxygens (including phenoxy) is 2. The highest BCUT2D eigenvalue weighted by Gasteiger charge is 2.11. The summed E-state index contributed by atoms with van der Waals surface area (Å²) in [4.78, 5) is 14.6. The predicted octanol–water partition coefficient (Wildman–Crippen LogP) is 3.12. The molecule has 3 rings (SSSR count). The molecular formula is C15H12N2O4. The molecule has 0 unspecified atom stereocenters. The minimum Gasteiger partial charge on any atom is -0.486 e. The zero-order valence-electron chi connectivity index (χ0n) is 11.1. The van der Waals surface area contributed by atoms with Gasteiger partial charge in [-0.2, -0.15) is 0 Å². The largest absolute Gasteiger partial charge is 0.486 e. The molecule has 1 aliphatic heterocycles. The summed E-state index contributed by atoms with van der Waals surface area (Å²) in [5.74, 6) is 1.37. The van der Waals surface area contributed by atoms with E-state index in [1.807, 2.05) is 0 Å². The van der Waals surface area contributed by atoms with Gasteiger partial charge in [0, 0.05) is 24.4 Å². The Kier molecular flexibility index (Phi) is 3.51. The van der Waals surface area contributed by atoms with Gasteiger partial charge in [-0.1, -0.05) is 12.1 Å². The fourth-order valence-electron chi connectivity index (χ4n) is 1.98. The predicted molar refractivity (Wildman–Crippen MR) is 77.8 cm³/mol. The van der Waals surface area contributed by atoms with Gasteiger partial charge in [-0.05, 0) is 17.7 Å². The second-order valence-corrected chi connectivity index (χ2v) is 4.44. The van der Waals surface area contributed by atoms with Crippen LogP contribution < -0.4 is 9.47 Å². The van der Waals surface area contributed by atoms with E-state index < -0.39 is 4.92 Å². The number of nitrogens with zero attached hydrogens (tertiary/aromatic N) is 2. The Bertz CT molecular complexity index is 713. The number of nitro groups is 1. The van der Waals surface area contributed by atoms with E-state index in [4.69, 9.17) is 9.47 Å². The zero-order valence-corrected chi connectivity index (χ0v) is 11.1. The minimum absolute atomic E-state index is 0.0427. The van der Waals surface area contributed by atoms with E-state index in [1.165, 1.54) is 12.1 Å². The average Bonchev–Trinajstić information content (AvgIpc) is 2.53. The number of aliphatic imine (C=N–C) groups is 1. The van der Waals surface area contributed by atoms with Crippen LogP contribution in [0, 0.1) is 10.1 Å². The molecular weight excluding hydrogens is 272 g/mol. The van der Waals surface area contributed by atoms with Gasteiger partial charge in [-0.3, -0.25) is 15.1 Å². The third kappa shape index (κ3) is 3.00. The Balaban J connectivity index is 1.82. The van der Waals surface area contributed by atoms with Crippen LogP contribution in [0.2, 0.25) is 0 Å². The highest BCUT2D eigenvalue weighted by Crippen LogP contribution is 2.33. The van der Waals surface area contributed by atoms with E-state index in [0.29, 0.717) is 36.0 Å². The van der Waals surface area contributed by atoms with Crippen molar-refractivity contribution >= 4 is 17.6 Å². The van der Waals surface area contributed by atoms with E-state index >= 15 is 0 Å². The highest BCUT2D eigenvalue weighted by atomic mass is 16.6. The summed E-state index contributed by atoms with van der Waals surface area (Å²) in [6.07, 6.45) is 1.58. The summed E-state index contributed by atoms with van der Waals surface area (Å²) < 4.78 is 10.9. The number of rotatable bonds is 3. The number of hydrogen-bond acceptors (Lipinski definition) is 5. The number of nitro benzene ring substituents is 1. The second-order valence-electron chi connectivity index (χ2n) is 4.44. The average molecular weight is 284 g/mol. The Hall–Kier alpha value is -2.89. The lowest BCUT2D eigenvalue weighted by Gasteiger charge is -2.18. The van der Waals surface area contributed by atoms with Gasteiger partial charge in [0.05, 0.1) is 10.6 Å². The molecule has 0 saturated carbocycles. The molecule has 0 N–H and O–H groups in total. The number of non-ortho nitro benzene ring substituents is 1. The van der Waals surface area contributed by atoms with Crippen LogP contribution in [-0.2, 0) is 0 Å². The van der Waals surface area contributed by atoms with E-state index in [-0.39, 0.29) is 5.69 Å². The van der Waals surface area contributed by atoms with Crippen LogP contribution in [0.1, 0.15) is 5.56 Å². The Morgan fingerprint density at radius 1 is 1.10 bits per heavy atom. The summed E-state index contributed by atoms with van der Waals surface area (Å²) in [5.41, 5.74) is 1.41. The summed E-state index contributed by atoms with van der Waals surface area (Å²) in [7, 11) is 0. The van der Waals surface area contributed by atoms with Crippen LogP contribution in [0.25, 0.3) is 0 Å². The molecule has 1 aliphatic rings. The normalized spacial score (nSPS) is 13.3. The van der Waals surface area contributed by atoms with Crippen LogP contribution in [0.5, 0.6) is 11.5 Å². The van der Waals surface area contributed by atoms with E-state index in [9.17, 15) is 10.1 Å². The van der Waals surface area contributed by atoms with E-state index in [0.717, 1.165) is 0 Å². The molecule has 0 radical (unpaired) electrons. The molecule has 0 atom stereocenters. The molecule has 0 aliphatic carbocycles. The maximum absolute atomic E-state index is 10.7. The summed E-state index contributed by atoms with van der Waals surface area (Å²) in [6.45, 7) is 1.06. The molecule has 106 valence electrons. The maximum atomic E-state index is 10.7. The first-order chi connectivity index (χ1) is 10.2. The lowest BCUT2D eigenvalue weighted by molar-refractivity contribution is -0.384. The molecule has 0 aromatic heterocycles. The van der Waals surface area contributed by atoms with Gasteiger partial charge in [0.2, 0.25) is 0 Å². The quantitative estimate of drug-likeness (QED) is 0.493. The first-order valence-electron chi connectivity index (χ1n) is 6.40. The molecule has 6 heteroatoms. The van der Waals surface area contributed by atoms with Crippen molar-refractivity contribution in [3.63, 3.8) is 0 Å². The Labute approximate surface area is 120 Å². The molecule has 0 bridgehead atoms. The standard InChI is InChI=1S/C15H12N2O4/c18-17(19)13-3-1-2-11(8-13)10-16-12-4-5-14-15(9-12)21-7-6-20-14/h1-5,8-10H,6-7H2. The van der Waals surface area contributed by atoms with Crippen LogP contribution in [0.4, 0.5) is 11.4 Å². The number of hydrogen-bond donors (Lipinski definition) is 0. The van der Waals surface area contributed by atoms with Crippen molar-refractivity contribution in [2.75, 3.05) is 13.2 Å². The Morgan fingerprint density at radius 3 is 2.71 bits per heavy atom. The van der Waals surface area contributed by atoms with Crippen LogP contribution >= 0.6 is 0 Å². The van der Waals surface area contributed by atoms with Crippen molar-refractivity contribution in [2.24, 2.45) is 4.99 Å². The molecule has 1 heterocycles. The van der Waals surface area contributed by atoms with Crippen molar-refractivity contribution in [2.45, 2.75) is 0 Å². The SMILES string of the molecule is O=[N+]([O-])c1cccc(C=Nc2ccc3c(c2)OCCO3)c1. The molecule has 0 saturated heterocycles. The highest BCUT2D eigenvalue weighted by molar-refractivity contribution is 5.83. The van der Waals surface area contributed by atoms with Gasteiger partial charge in [-0.15, -0.1) is 0 Å². The molecule has 2 aromatic carbocycles. The first-order valence-corrected chi connectivity index (χ1v) is 6.40. The van der Waals surface area contributed by atoms with Gasteiger partial charge in [0.1, 0.15) is 13.2 Å². The van der Waals surface area contributed by atoms with Crippen LogP contribution in [0.15, 0.2) is 47.5 Å². The minimum atomic E-state index is -0.429. The smallest absolute Gasteiger partial charge is 0.270 e. The Morgan fingerprint density at radius 2 is 1.90 bits per heavy atom. The molecule has 0 amide bonds. The molecule has 6 nitrogen and oxygen atoms in total. The van der Waals surface area contributed by atoms with Crippen LogP contribution in [0.3, 0.4) is 0 Å². The van der Waals surface area contributed by atoms with Crippen molar-refractivity contribution in [1.82, 2.24) is 0 Å². The lowest BCUT2D eigenvalue weighted by atomic mass is 10.2. The van der Waals surface area contributed by atoms with Crippen molar-refractivity contribution in [3.05, 3.63) is 58.1 Å². The fourth-order valence-corrected chi connectivity index (χ4v) is 1.98. The molecule has 0 spiro atoms. The second kappa shape index (κ2) is 5.62. The van der Waals surface area contributed by atoms with Crippen molar-refractivity contribution in [1.29, 1.82) is 0 Å². The van der Waals surface area contributed by atoms with Gasteiger partial charge in [0.15, 0.2) is 11.5 Å². The van der Waals surface area contributed by atoms with Crippen molar-refractivity contribution < 1.29 is 14.4 Å².